The zero-order valence-corrected chi connectivity index (χ0v) is 5.84. The van der Waals surface area contributed by atoms with Gasteiger partial charge in [-0.05, 0) is 20.9 Å². The van der Waals surface area contributed by atoms with Crippen LogP contribution in [0.25, 0.3) is 0 Å². The van der Waals surface area contributed by atoms with Crippen LogP contribution in [0.2, 0.25) is 0 Å². The van der Waals surface area contributed by atoms with Gasteiger partial charge in [0.05, 0.1) is 4.87 Å². The van der Waals surface area contributed by atoms with Crippen LogP contribution in [0.1, 0.15) is 13.8 Å². The molecule has 7 heavy (non-hydrogen) atoms. The molecule has 0 aromatic carbocycles. The fraction of sp³-hybridized carbons (Fsp3) is 1.00. The molecule has 0 aromatic rings. The molecular weight excluding hydrogens is 110 g/mol. The van der Waals surface area contributed by atoms with Gasteiger partial charge in [0.2, 0.25) is 0 Å². The van der Waals surface area contributed by atoms with E-state index in [9.17, 15) is 0 Å². The van der Waals surface area contributed by atoms with E-state index >= 15 is 0 Å². The Hall–Kier alpha value is 0.250. The van der Waals surface area contributed by atoms with Gasteiger partial charge < -0.3 is 5.32 Å². The van der Waals surface area contributed by atoms with Crippen LogP contribution in [0.5, 0.6) is 0 Å². The Kier molecular flexibility index (Phi) is 2.62. The lowest BCUT2D eigenvalue weighted by Gasteiger charge is -2.13. The Morgan fingerprint density at radius 2 is 2.00 bits per heavy atom. The fourth-order valence-corrected chi connectivity index (χ4v) is 0.554. The van der Waals surface area contributed by atoms with E-state index in [-0.39, 0.29) is 4.87 Å². The molecule has 0 amide bonds. The average molecular weight is 122 g/mol. The second-order valence-electron chi connectivity index (χ2n) is 2.25. The topological polar surface area (TPSA) is 12.0 Å². The summed E-state index contributed by atoms with van der Waals surface area (Å²) in [5.41, 5.74) is 0. The quantitative estimate of drug-likeness (QED) is 0.542. The molecule has 1 N–H and O–H groups in total. The molecule has 0 aliphatic rings. The van der Waals surface area contributed by atoms with E-state index in [1.807, 2.05) is 20.9 Å². The summed E-state index contributed by atoms with van der Waals surface area (Å²) >= 11 is 5.77. The normalized spacial score (nSPS) is 12.0. The van der Waals surface area contributed by atoms with Gasteiger partial charge in [-0.1, -0.05) is 0 Å². The monoisotopic (exact) mass is 121 g/mol. The summed E-state index contributed by atoms with van der Waals surface area (Å²) in [7, 11) is 1.89. The van der Waals surface area contributed by atoms with Crippen molar-refractivity contribution in [2.45, 2.75) is 18.7 Å². The third kappa shape index (κ3) is 6.25. The molecule has 0 saturated heterocycles. The number of rotatable bonds is 2. The maximum absolute atomic E-state index is 5.77. The first-order valence-corrected chi connectivity index (χ1v) is 2.77. The molecule has 0 aliphatic carbocycles. The lowest BCUT2D eigenvalue weighted by atomic mass is 10.2. The van der Waals surface area contributed by atoms with E-state index in [0.717, 1.165) is 6.54 Å². The van der Waals surface area contributed by atoms with Gasteiger partial charge in [0.15, 0.2) is 0 Å². The molecule has 0 radical (unpaired) electrons. The molecule has 2 heteroatoms. The first kappa shape index (κ1) is 7.25. The number of hydrogen-bond donors (Lipinski definition) is 1. The summed E-state index contributed by atoms with van der Waals surface area (Å²) < 4.78 is 0. The van der Waals surface area contributed by atoms with Gasteiger partial charge in [-0.2, -0.15) is 0 Å². The van der Waals surface area contributed by atoms with Crippen molar-refractivity contribution in [3.8, 4) is 0 Å². The van der Waals surface area contributed by atoms with Gasteiger partial charge in [-0.3, -0.25) is 0 Å². The highest BCUT2D eigenvalue weighted by Gasteiger charge is 2.09. The number of halogens is 1. The highest BCUT2D eigenvalue weighted by Crippen LogP contribution is 2.08. The van der Waals surface area contributed by atoms with Crippen molar-refractivity contribution < 1.29 is 0 Å². The van der Waals surface area contributed by atoms with Crippen molar-refractivity contribution in [2.75, 3.05) is 13.6 Å². The Morgan fingerprint density at radius 1 is 1.57 bits per heavy atom. The molecule has 0 saturated carbocycles. The summed E-state index contributed by atoms with van der Waals surface area (Å²) in [5, 5.41) is 2.98. The molecule has 0 aliphatic heterocycles. The van der Waals surface area contributed by atoms with Crippen LogP contribution in [-0.2, 0) is 0 Å². The number of hydrogen-bond acceptors (Lipinski definition) is 1. The molecule has 0 spiro atoms. The summed E-state index contributed by atoms with van der Waals surface area (Å²) in [4.78, 5) is -0.0885. The van der Waals surface area contributed by atoms with Crippen molar-refractivity contribution in [3.63, 3.8) is 0 Å². The summed E-state index contributed by atoms with van der Waals surface area (Å²) in [6.07, 6.45) is 0. The van der Waals surface area contributed by atoms with Gasteiger partial charge in [0, 0.05) is 6.54 Å². The maximum Gasteiger partial charge on any atom is 0.0514 e. The molecular formula is C5H12ClN. The summed E-state index contributed by atoms with van der Waals surface area (Å²) in [6, 6.07) is 0. The van der Waals surface area contributed by atoms with Crippen LogP contribution in [0.4, 0.5) is 0 Å². The Morgan fingerprint density at radius 3 is 2.00 bits per heavy atom. The van der Waals surface area contributed by atoms with E-state index in [2.05, 4.69) is 5.32 Å². The van der Waals surface area contributed by atoms with Crippen molar-refractivity contribution in [3.05, 3.63) is 0 Å². The van der Waals surface area contributed by atoms with Crippen molar-refractivity contribution in [2.24, 2.45) is 0 Å². The smallest absolute Gasteiger partial charge is 0.0514 e. The van der Waals surface area contributed by atoms with E-state index < -0.39 is 0 Å². The van der Waals surface area contributed by atoms with Crippen LogP contribution < -0.4 is 5.32 Å². The lowest BCUT2D eigenvalue weighted by Crippen LogP contribution is -2.26. The Labute approximate surface area is 50.1 Å². The van der Waals surface area contributed by atoms with Crippen molar-refractivity contribution in [1.29, 1.82) is 0 Å². The minimum absolute atomic E-state index is 0.0885. The predicted molar refractivity (Wildman–Crippen MR) is 33.9 cm³/mol. The van der Waals surface area contributed by atoms with Crippen LogP contribution >= 0.6 is 11.6 Å². The molecule has 0 rings (SSSR count). The van der Waals surface area contributed by atoms with E-state index in [1.54, 1.807) is 0 Å². The van der Waals surface area contributed by atoms with Crippen LogP contribution in [0, 0.1) is 0 Å². The largest absolute Gasteiger partial charge is 0.318 e. The molecule has 0 aromatic heterocycles. The number of alkyl halides is 1. The average Bonchev–Trinajstić information content (AvgIpc) is 1.30. The Bertz CT molecular complexity index is 46.5. The van der Waals surface area contributed by atoms with E-state index in [1.165, 1.54) is 0 Å². The van der Waals surface area contributed by atoms with Gasteiger partial charge >= 0.3 is 0 Å². The minimum atomic E-state index is -0.0885. The molecule has 0 heterocycles. The van der Waals surface area contributed by atoms with E-state index in [0.29, 0.717) is 0 Å². The second kappa shape index (κ2) is 2.53. The van der Waals surface area contributed by atoms with Gasteiger partial charge in [-0.25, -0.2) is 0 Å². The molecule has 1 nitrogen and oxygen atoms in total. The third-order valence-corrected chi connectivity index (χ3v) is 0.731. The second-order valence-corrected chi connectivity index (χ2v) is 3.27. The van der Waals surface area contributed by atoms with E-state index in [4.69, 9.17) is 11.6 Å². The summed E-state index contributed by atoms with van der Waals surface area (Å²) in [5.74, 6) is 0. The molecule has 0 fully saturated rings. The van der Waals surface area contributed by atoms with Gasteiger partial charge in [0.25, 0.3) is 0 Å². The highest BCUT2D eigenvalue weighted by molar-refractivity contribution is 6.23. The standard InChI is InChI=1S/C5H12ClN/c1-5(2,6)4-7-3/h7H,4H2,1-3H3. The van der Waals surface area contributed by atoms with Crippen LogP contribution in [0.3, 0.4) is 0 Å². The first-order valence-electron chi connectivity index (χ1n) is 2.40. The molecule has 44 valence electrons. The van der Waals surface area contributed by atoms with Crippen molar-refractivity contribution in [1.82, 2.24) is 5.32 Å². The maximum atomic E-state index is 5.77. The zero-order valence-electron chi connectivity index (χ0n) is 5.09. The Balaban J connectivity index is 3.15. The minimum Gasteiger partial charge on any atom is -0.318 e. The lowest BCUT2D eigenvalue weighted by molar-refractivity contribution is 0.632. The van der Waals surface area contributed by atoms with Crippen molar-refractivity contribution >= 4 is 11.6 Å². The molecule has 0 atom stereocenters. The third-order valence-electron chi connectivity index (χ3n) is 0.597. The highest BCUT2D eigenvalue weighted by atomic mass is 35.5. The fourth-order valence-electron chi connectivity index (χ4n) is 0.420. The first-order chi connectivity index (χ1) is 3.06. The zero-order chi connectivity index (χ0) is 5.91. The molecule has 0 unspecified atom stereocenters. The van der Waals surface area contributed by atoms with Gasteiger partial charge in [0.1, 0.15) is 0 Å². The predicted octanol–water partition coefficient (Wildman–Crippen LogP) is 1.22. The number of nitrogens with one attached hydrogen (secondary N) is 1. The summed E-state index contributed by atoms with van der Waals surface area (Å²) in [6.45, 7) is 4.81. The SMILES string of the molecule is CNCC(C)(C)Cl. The molecule has 0 bridgehead atoms. The van der Waals surface area contributed by atoms with Crippen LogP contribution in [0.15, 0.2) is 0 Å². The van der Waals surface area contributed by atoms with Gasteiger partial charge in [-0.15, -0.1) is 11.6 Å². The van der Waals surface area contributed by atoms with Crippen LogP contribution in [-0.4, -0.2) is 18.5 Å².